The van der Waals surface area contributed by atoms with Gasteiger partial charge in [0.1, 0.15) is 13.2 Å². The van der Waals surface area contributed by atoms with Crippen LogP contribution in [0.4, 0.5) is 0 Å². The van der Waals surface area contributed by atoms with Crippen LogP contribution in [0, 0.1) is 0 Å². The van der Waals surface area contributed by atoms with Crippen molar-refractivity contribution in [3.63, 3.8) is 0 Å². The number of hydrogen-bond donors (Lipinski definition) is 2. The normalized spacial score (nSPS) is 14.1. The smallest absolute Gasteiger partial charge is 0.268 e. The number of allylic oxidation sites excluding steroid dienone is 3. The van der Waals surface area contributed by atoms with Crippen molar-refractivity contribution < 1.29 is 32.9 Å². The highest BCUT2D eigenvalue weighted by Gasteiger charge is 2.23. The first-order valence-corrected chi connectivity index (χ1v) is 30.2. The maximum atomic E-state index is 12.9. The largest absolute Gasteiger partial charge is 0.756 e. The van der Waals surface area contributed by atoms with Crippen LogP contribution in [0.1, 0.15) is 284 Å². The summed E-state index contributed by atoms with van der Waals surface area (Å²) in [6.45, 7) is 4.63. The molecule has 8 nitrogen and oxygen atoms in total. The molecule has 9 heteroatoms. The van der Waals surface area contributed by atoms with Gasteiger partial charge in [0.05, 0.1) is 39.9 Å². The summed E-state index contributed by atoms with van der Waals surface area (Å²) in [6, 6.07) is -0.898. The number of quaternary nitrogens is 1. The number of likely N-dealkylation sites (N-methyl/N-ethyl adjacent to an activating group) is 1. The first-order valence-electron chi connectivity index (χ1n) is 28.7. The van der Waals surface area contributed by atoms with Gasteiger partial charge in [-0.05, 0) is 32.1 Å². The number of phosphoric acid groups is 1. The first kappa shape index (κ1) is 65.0. The summed E-state index contributed by atoms with van der Waals surface area (Å²) in [7, 11) is 1.25. The molecule has 0 aromatic rings. The third-order valence-electron chi connectivity index (χ3n) is 13.2. The number of nitrogens with one attached hydrogen (secondary N) is 1. The molecule has 0 aliphatic rings. The van der Waals surface area contributed by atoms with Gasteiger partial charge in [0, 0.05) is 6.42 Å². The maximum absolute atomic E-state index is 12.9. The molecule has 3 atom stereocenters. The summed E-state index contributed by atoms with van der Waals surface area (Å²) in [6.07, 6.45) is 61.5. The first-order chi connectivity index (χ1) is 32.0. The number of carbonyl (C=O) groups is 1. The molecule has 0 radical (unpaired) electrons. The summed E-state index contributed by atoms with van der Waals surface area (Å²) in [5, 5.41) is 13.8. The van der Waals surface area contributed by atoms with Gasteiger partial charge in [-0.2, -0.15) is 0 Å². The van der Waals surface area contributed by atoms with Crippen LogP contribution < -0.4 is 10.2 Å². The molecule has 3 unspecified atom stereocenters. The Labute approximate surface area is 411 Å². The van der Waals surface area contributed by atoms with Crippen LogP contribution in [-0.4, -0.2) is 68.5 Å². The van der Waals surface area contributed by atoms with E-state index in [9.17, 15) is 19.4 Å². The van der Waals surface area contributed by atoms with Crippen molar-refractivity contribution in [3.8, 4) is 0 Å². The van der Waals surface area contributed by atoms with E-state index >= 15 is 0 Å². The highest BCUT2D eigenvalue weighted by Crippen LogP contribution is 2.38. The molecule has 0 aromatic carbocycles. The Kier molecular flexibility index (Phi) is 48.2. The molecule has 0 saturated heterocycles. The average Bonchev–Trinajstić information content (AvgIpc) is 3.28. The zero-order valence-corrected chi connectivity index (χ0v) is 45.6. The second kappa shape index (κ2) is 49.0. The van der Waals surface area contributed by atoms with Crippen LogP contribution in [0.2, 0.25) is 0 Å². The molecule has 392 valence electrons. The Morgan fingerprint density at radius 3 is 1.23 bits per heavy atom. The number of aliphatic hydroxyl groups excluding tert-OH is 1. The van der Waals surface area contributed by atoms with Crippen molar-refractivity contribution in [2.75, 3.05) is 40.9 Å². The van der Waals surface area contributed by atoms with E-state index in [1.54, 1.807) is 6.08 Å². The van der Waals surface area contributed by atoms with E-state index in [1.165, 1.54) is 225 Å². The van der Waals surface area contributed by atoms with Crippen molar-refractivity contribution in [2.24, 2.45) is 0 Å². The van der Waals surface area contributed by atoms with Crippen molar-refractivity contribution in [3.05, 3.63) is 24.3 Å². The highest BCUT2D eigenvalue weighted by atomic mass is 31.2. The Balaban J connectivity index is 3.93. The number of unbranched alkanes of at least 4 members (excludes halogenated alkanes) is 38. The molecule has 0 aliphatic carbocycles. The number of phosphoric ester groups is 1. The summed E-state index contributed by atoms with van der Waals surface area (Å²) < 4.78 is 23.2. The van der Waals surface area contributed by atoms with Gasteiger partial charge in [-0.25, -0.2) is 0 Å². The van der Waals surface area contributed by atoms with Gasteiger partial charge in [-0.1, -0.05) is 269 Å². The molecule has 0 saturated carbocycles. The van der Waals surface area contributed by atoms with Crippen molar-refractivity contribution in [1.29, 1.82) is 0 Å². The molecule has 2 N–H and O–H groups in total. The van der Waals surface area contributed by atoms with Crippen LogP contribution in [0.25, 0.3) is 0 Å². The number of rotatable bonds is 53. The van der Waals surface area contributed by atoms with Gasteiger partial charge in [0.15, 0.2) is 0 Å². The van der Waals surface area contributed by atoms with Gasteiger partial charge in [0.2, 0.25) is 5.91 Å². The molecule has 0 aromatic heterocycles. The molecule has 0 fully saturated rings. The number of amides is 1. The van der Waals surface area contributed by atoms with E-state index in [2.05, 4.69) is 31.3 Å². The van der Waals surface area contributed by atoms with E-state index in [0.29, 0.717) is 17.4 Å². The number of aliphatic hydroxyl groups is 1. The molecular formula is C57H113N2O6P. The molecule has 0 rings (SSSR count). The van der Waals surface area contributed by atoms with Gasteiger partial charge in [-0.3, -0.25) is 9.36 Å². The van der Waals surface area contributed by atoms with E-state index in [1.807, 2.05) is 27.2 Å². The van der Waals surface area contributed by atoms with Gasteiger partial charge in [-0.15, -0.1) is 0 Å². The Morgan fingerprint density at radius 1 is 0.515 bits per heavy atom. The molecular weight excluding hydrogens is 840 g/mol. The fraction of sp³-hybridized carbons (Fsp3) is 0.912. The average molecular weight is 954 g/mol. The summed E-state index contributed by atoms with van der Waals surface area (Å²) in [4.78, 5) is 25.4. The molecule has 1 amide bonds. The highest BCUT2D eigenvalue weighted by molar-refractivity contribution is 7.45. The quantitative estimate of drug-likeness (QED) is 0.0272. The fourth-order valence-corrected chi connectivity index (χ4v) is 9.37. The third kappa shape index (κ3) is 50.8. The zero-order valence-electron chi connectivity index (χ0n) is 44.7. The lowest BCUT2D eigenvalue weighted by Gasteiger charge is -2.29. The van der Waals surface area contributed by atoms with Crippen LogP contribution in [-0.2, 0) is 18.4 Å². The van der Waals surface area contributed by atoms with E-state index in [-0.39, 0.29) is 19.1 Å². The zero-order chi connectivity index (χ0) is 48.5. The lowest BCUT2D eigenvalue weighted by molar-refractivity contribution is -0.870. The summed E-state index contributed by atoms with van der Waals surface area (Å²) >= 11 is 0. The molecule has 66 heavy (non-hydrogen) atoms. The number of carbonyl (C=O) groups excluding carboxylic acids is 1. The Morgan fingerprint density at radius 2 is 0.848 bits per heavy atom. The van der Waals surface area contributed by atoms with Crippen molar-refractivity contribution in [2.45, 2.75) is 296 Å². The lowest BCUT2D eigenvalue weighted by Crippen LogP contribution is -2.45. The Hall–Kier alpha value is -1.02. The Bertz CT molecular complexity index is 1130. The predicted octanol–water partition coefficient (Wildman–Crippen LogP) is 16.6. The second-order valence-corrected chi connectivity index (χ2v) is 22.4. The topological polar surface area (TPSA) is 108 Å². The van der Waals surface area contributed by atoms with Crippen LogP contribution in [0.3, 0.4) is 0 Å². The molecule has 0 bridgehead atoms. The lowest BCUT2D eigenvalue weighted by atomic mass is 10.0. The molecule has 0 heterocycles. The van der Waals surface area contributed by atoms with Crippen LogP contribution >= 0.6 is 7.82 Å². The van der Waals surface area contributed by atoms with Gasteiger partial charge >= 0.3 is 0 Å². The van der Waals surface area contributed by atoms with Gasteiger partial charge < -0.3 is 28.8 Å². The predicted molar refractivity (Wildman–Crippen MR) is 284 cm³/mol. The van der Waals surface area contributed by atoms with Crippen LogP contribution in [0.15, 0.2) is 24.3 Å². The van der Waals surface area contributed by atoms with E-state index in [4.69, 9.17) is 9.05 Å². The standard InChI is InChI=1S/C57H113N2O6P/c1-6-8-10-12-14-16-18-19-20-21-22-23-24-25-26-27-28-29-30-31-32-33-34-35-36-37-38-39-41-43-45-47-49-51-57(61)58-55(54-65-66(62,63)64-53-52-59(3,4)5)56(60)50-48-46-44-42-40-17-15-13-11-9-7-2/h40,42,48,50,55-56,60H,6-39,41,43-47,49,51-54H2,1-5H3,(H-,58,61,62,63)/b42-40+,50-48+. The minimum atomic E-state index is -4.59. The molecule has 0 spiro atoms. The minimum Gasteiger partial charge on any atom is -0.756 e. The number of hydrogen-bond acceptors (Lipinski definition) is 6. The monoisotopic (exact) mass is 953 g/mol. The van der Waals surface area contributed by atoms with Crippen molar-refractivity contribution >= 4 is 13.7 Å². The van der Waals surface area contributed by atoms with Gasteiger partial charge in [0.25, 0.3) is 7.82 Å². The minimum absolute atomic E-state index is 0.00422. The van der Waals surface area contributed by atoms with E-state index < -0.39 is 20.0 Å². The van der Waals surface area contributed by atoms with Crippen molar-refractivity contribution in [1.82, 2.24) is 5.32 Å². The maximum Gasteiger partial charge on any atom is 0.268 e. The second-order valence-electron chi connectivity index (χ2n) is 21.0. The number of nitrogens with zero attached hydrogens (tertiary/aromatic N) is 1. The summed E-state index contributed by atoms with van der Waals surface area (Å²) in [5.74, 6) is -0.203. The van der Waals surface area contributed by atoms with E-state index in [0.717, 1.165) is 38.5 Å². The third-order valence-corrected chi connectivity index (χ3v) is 14.1. The summed E-state index contributed by atoms with van der Waals surface area (Å²) in [5.41, 5.74) is 0. The SMILES string of the molecule is CCCCCCC/C=C/CC/C=C/C(O)C(COP(=O)([O-])OCC[N+](C)(C)C)NC(=O)CCCCCCCCCCCCCCCCCCCCCCCCCCCCCCCCCCC. The fourth-order valence-electron chi connectivity index (χ4n) is 8.64. The molecule has 0 aliphatic heterocycles. The van der Waals surface area contributed by atoms with Crippen LogP contribution in [0.5, 0.6) is 0 Å².